The number of nitrogens with zero attached hydrogens (tertiary/aromatic N) is 1. The minimum absolute atomic E-state index is 0.0161. The lowest BCUT2D eigenvalue weighted by Gasteiger charge is -2.42. The van der Waals surface area contributed by atoms with Gasteiger partial charge < -0.3 is 38.8 Å². The second-order valence-electron chi connectivity index (χ2n) is 20.6. The maximum atomic E-state index is 14.5. The number of aliphatic hydroxyl groups excluding tert-OH is 1. The summed E-state index contributed by atoms with van der Waals surface area (Å²) in [5.41, 5.74) is 1.27. The van der Waals surface area contributed by atoms with Crippen LogP contribution in [0.1, 0.15) is 126 Å². The molecule has 0 aromatic rings. The number of esters is 1. The summed E-state index contributed by atoms with van der Waals surface area (Å²) < 4.78 is 41.7. The highest BCUT2D eigenvalue weighted by atomic mass is 31.1. The molecule has 2 bridgehead atoms. The Labute approximate surface area is 412 Å². The Balaban J connectivity index is 1.70. The summed E-state index contributed by atoms with van der Waals surface area (Å²) in [6, 6.07) is -1.11. The largest absolute Gasteiger partial charge is 0.460 e. The molecule has 0 spiro atoms. The van der Waals surface area contributed by atoms with Crippen LogP contribution < -0.4 is 5.32 Å². The van der Waals surface area contributed by atoms with Gasteiger partial charge in [0.05, 0.1) is 18.3 Å². The molecule has 388 valence electrons. The summed E-state index contributed by atoms with van der Waals surface area (Å²) in [6.45, 7) is 14.5. The Morgan fingerprint density at radius 1 is 0.899 bits per heavy atom. The van der Waals surface area contributed by atoms with Gasteiger partial charge in [0.25, 0.3) is 11.7 Å². The predicted octanol–water partition coefficient (Wildman–Crippen LogP) is 7.19. The molecule has 0 aromatic carbocycles. The lowest BCUT2D eigenvalue weighted by atomic mass is 9.77. The van der Waals surface area contributed by atoms with Crippen molar-refractivity contribution in [2.45, 2.75) is 180 Å². The van der Waals surface area contributed by atoms with Gasteiger partial charge in [-0.2, -0.15) is 0 Å². The van der Waals surface area contributed by atoms with Gasteiger partial charge in [-0.25, -0.2) is 4.79 Å². The van der Waals surface area contributed by atoms with Gasteiger partial charge in [-0.15, -0.1) is 0 Å². The first-order valence-electron chi connectivity index (χ1n) is 25.3. The number of amides is 1. The SMILES string of the molecule is CO[C@H]1C[C@@H]2CC[C@@H](C)[C@@](O)(O2)C(=O)C(=O)N2CCCC[C@H]2C(=O)OC([C@H](C)C[C@@H]2CCC(NC[P+](C)=O)[C@H](OC)C2)CC(=O)[C@H](C)/C=C(\C)[C@@H](O)[C@@H](OC)C(=O)[C@H](C)C[C@H](C)/C=C/C=CC=C1C. The van der Waals surface area contributed by atoms with Crippen LogP contribution in [0.15, 0.2) is 47.6 Å². The normalized spacial score (nSPS) is 37.8. The molecule has 4 aliphatic rings. The number of allylic oxidation sites excluding steroid dienone is 6. The van der Waals surface area contributed by atoms with E-state index in [0.29, 0.717) is 63.2 Å². The summed E-state index contributed by atoms with van der Waals surface area (Å²) in [7, 11) is 3.25. The molecule has 1 aliphatic carbocycles. The van der Waals surface area contributed by atoms with Crippen molar-refractivity contribution < 1.29 is 62.4 Å². The summed E-state index contributed by atoms with van der Waals surface area (Å²) in [5.74, 6) is -7.91. The molecule has 16 heteroatoms. The highest BCUT2D eigenvalue weighted by Crippen LogP contribution is 2.38. The Morgan fingerprint density at radius 3 is 2.29 bits per heavy atom. The van der Waals surface area contributed by atoms with Crippen molar-refractivity contribution in [1.82, 2.24) is 10.2 Å². The van der Waals surface area contributed by atoms with Crippen LogP contribution >= 0.6 is 7.80 Å². The van der Waals surface area contributed by atoms with Crippen molar-refractivity contribution in [3.05, 3.63) is 47.6 Å². The Kier molecular flexibility index (Phi) is 23.3. The Bertz CT molecular complexity index is 1900. The van der Waals surface area contributed by atoms with Crippen molar-refractivity contribution >= 4 is 37.0 Å². The van der Waals surface area contributed by atoms with E-state index in [9.17, 15) is 38.8 Å². The first-order chi connectivity index (χ1) is 32.6. The fourth-order valence-corrected chi connectivity index (χ4v) is 11.1. The van der Waals surface area contributed by atoms with Crippen LogP contribution in [0.25, 0.3) is 0 Å². The molecule has 3 unspecified atom stereocenters. The standard InChI is InChI=1S/C53H84N2O13P/c1-32-17-13-12-14-18-33(2)44(64-8)29-40-22-20-38(7)53(62,68-40)50(59)51(60)55-24-16-15-19-42(55)52(61)67-45(35(4)27-39-21-23-41(46(28-39)65-9)54-31-69(11)63)30-43(56)34(3)26-37(6)48(58)49(66-10)47(57)36(5)25-32/h12-14,17-18,26,32,34-36,38-42,44-46,48-49,54,58,62H,15-16,19-25,27-31H2,1-11H3/q+1/b14-12?,17-13+,33-18?,37-26+/t32-,34-,35-,36-,38-,39+,40+,41?,42+,44+,45?,46-,48-,49+,53-/m1/s1. The van der Waals surface area contributed by atoms with E-state index >= 15 is 0 Å². The van der Waals surface area contributed by atoms with Crippen molar-refractivity contribution in [3.8, 4) is 0 Å². The second-order valence-corrected chi connectivity index (χ2v) is 22.2. The maximum Gasteiger partial charge on any atom is 0.350 e. The van der Waals surface area contributed by atoms with E-state index in [-0.39, 0.29) is 60.9 Å². The number of carbonyl (C=O) groups is 5. The number of Topliss-reactive ketones (excluding diaryl/α,β-unsaturated/α-hetero) is 3. The zero-order valence-corrected chi connectivity index (χ0v) is 44.1. The average molecular weight is 988 g/mol. The number of ether oxygens (including phenoxy) is 5. The number of fused-ring (bicyclic) bond motifs is 3. The first-order valence-corrected chi connectivity index (χ1v) is 27.1. The fourth-order valence-electron chi connectivity index (χ4n) is 10.6. The third-order valence-electron chi connectivity index (χ3n) is 15.1. The van der Waals surface area contributed by atoms with Crippen molar-refractivity contribution in [2.24, 2.45) is 35.5 Å². The second kappa shape index (κ2) is 27.5. The van der Waals surface area contributed by atoms with E-state index in [0.717, 1.165) is 18.4 Å². The number of piperidine rings is 1. The lowest BCUT2D eigenvalue weighted by Crippen LogP contribution is -2.61. The van der Waals surface area contributed by atoms with Gasteiger partial charge in [-0.05, 0) is 107 Å². The van der Waals surface area contributed by atoms with Crippen molar-refractivity contribution in [2.75, 3.05) is 40.8 Å². The molecule has 3 fully saturated rings. The van der Waals surface area contributed by atoms with Crippen LogP contribution in [0.2, 0.25) is 0 Å². The Hall–Kier alpha value is -3.27. The quantitative estimate of drug-likeness (QED) is 0.0906. The molecule has 1 amide bonds. The van der Waals surface area contributed by atoms with Gasteiger partial charge in [-0.1, -0.05) is 75.6 Å². The van der Waals surface area contributed by atoms with Gasteiger partial charge in [0.1, 0.15) is 36.8 Å². The topological polar surface area (TPSA) is 204 Å². The van der Waals surface area contributed by atoms with Crippen LogP contribution in [0.4, 0.5) is 0 Å². The molecule has 0 aromatic heterocycles. The van der Waals surface area contributed by atoms with E-state index < -0.39 is 85.6 Å². The van der Waals surface area contributed by atoms with E-state index in [2.05, 4.69) is 5.32 Å². The zero-order chi connectivity index (χ0) is 51.2. The number of methoxy groups -OCH3 is 3. The maximum absolute atomic E-state index is 14.5. The number of aliphatic hydroxyl groups is 2. The van der Waals surface area contributed by atoms with Crippen LogP contribution in [0.3, 0.4) is 0 Å². The van der Waals surface area contributed by atoms with E-state index in [4.69, 9.17) is 23.7 Å². The number of cyclic esters (lactones) is 1. The molecular weight excluding hydrogens is 904 g/mol. The molecule has 1 saturated carbocycles. The molecule has 15 nitrogen and oxygen atoms in total. The summed E-state index contributed by atoms with van der Waals surface area (Å²) in [6.07, 6.45) is 12.9. The average Bonchev–Trinajstić information content (AvgIpc) is 3.32. The van der Waals surface area contributed by atoms with E-state index in [1.165, 1.54) is 12.0 Å². The molecule has 3 N–H and O–H groups in total. The predicted molar refractivity (Wildman–Crippen MR) is 264 cm³/mol. The van der Waals surface area contributed by atoms with Crippen LogP contribution in [-0.2, 0) is 52.2 Å². The highest BCUT2D eigenvalue weighted by molar-refractivity contribution is 7.43. The molecule has 2 saturated heterocycles. The van der Waals surface area contributed by atoms with Crippen molar-refractivity contribution in [1.29, 1.82) is 0 Å². The van der Waals surface area contributed by atoms with E-state index in [1.54, 1.807) is 47.7 Å². The summed E-state index contributed by atoms with van der Waals surface area (Å²) in [5, 5.41) is 26.9. The third kappa shape index (κ3) is 16.1. The van der Waals surface area contributed by atoms with Crippen molar-refractivity contribution in [3.63, 3.8) is 0 Å². The monoisotopic (exact) mass is 988 g/mol. The summed E-state index contributed by atoms with van der Waals surface area (Å²) in [4.78, 5) is 72.3. The summed E-state index contributed by atoms with van der Waals surface area (Å²) >= 11 is 0. The number of carbonyl (C=O) groups excluding carboxylic acids is 5. The number of hydrogen-bond donors (Lipinski definition) is 3. The third-order valence-corrected chi connectivity index (χ3v) is 15.7. The van der Waals surface area contributed by atoms with Crippen LogP contribution in [-0.4, -0.2) is 140 Å². The van der Waals surface area contributed by atoms with Gasteiger partial charge in [-0.3, -0.25) is 24.5 Å². The zero-order valence-electron chi connectivity index (χ0n) is 43.2. The highest BCUT2D eigenvalue weighted by Gasteiger charge is 2.53. The van der Waals surface area contributed by atoms with Crippen LogP contribution in [0, 0.1) is 35.5 Å². The van der Waals surface area contributed by atoms with Gasteiger partial charge >= 0.3 is 13.8 Å². The molecule has 16 atom stereocenters. The van der Waals surface area contributed by atoms with Gasteiger partial charge in [0, 0.05) is 64.5 Å². The molecule has 0 radical (unpaired) electrons. The number of ketones is 3. The van der Waals surface area contributed by atoms with Gasteiger partial charge in [0.2, 0.25) is 5.79 Å². The minimum atomic E-state index is -2.43. The lowest BCUT2D eigenvalue weighted by molar-refractivity contribution is -0.265. The molecule has 4 rings (SSSR count). The van der Waals surface area contributed by atoms with Crippen LogP contribution in [0.5, 0.6) is 0 Å². The first kappa shape index (κ1) is 58.3. The minimum Gasteiger partial charge on any atom is -0.460 e. The van der Waals surface area contributed by atoms with Gasteiger partial charge in [0.15, 0.2) is 12.1 Å². The smallest absolute Gasteiger partial charge is 0.350 e. The fraction of sp³-hybridized carbons (Fsp3) is 0.755. The Morgan fingerprint density at radius 2 is 1.62 bits per heavy atom. The molecule has 69 heavy (non-hydrogen) atoms. The number of nitrogens with one attached hydrogen (secondary N) is 1. The molecule has 3 heterocycles. The number of rotatable bonds is 9. The molecular formula is C53H84N2O13P+. The van der Waals surface area contributed by atoms with E-state index in [1.807, 2.05) is 58.1 Å². The molecule has 3 aliphatic heterocycles. The number of hydrogen-bond acceptors (Lipinski definition) is 14.